The molecule has 2 aromatic carbocycles. The van der Waals surface area contributed by atoms with E-state index in [1.165, 1.54) is 5.56 Å². The molecule has 0 amide bonds. The normalized spacial score (nSPS) is 17.6. The summed E-state index contributed by atoms with van der Waals surface area (Å²) in [6, 6.07) is 18.6. The Balaban J connectivity index is 1.84. The fourth-order valence-corrected chi connectivity index (χ4v) is 3.88. The molecular weight excluding hydrogens is 395 g/mol. The van der Waals surface area contributed by atoms with Crippen molar-refractivity contribution >= 4 is 24.1 Å². The second kappa shape index (κ2) is 8.30. The fraction of sp³-hybridized carbons (Fsp3) is 0.333. The summed E-state index contributed by atoms with van der Waals surface area (Å²) < 4.78 is 12.5. The topological polar surface area (TPSA) is 43.7 Å². The Morgan fingerprint density at radius 2 is 1.44 bits per heavy atom. The first-order chi connectivity index (χ1) is 15.1. The molecule has 1 aliphatic heterocycles. The lowest BCUT2D eigenvalue weighted by Crippen LogP contribution is -2.41. The first kappa shape index (κ1) is 22.4. The van der Waals surface area contributed by atoms with Crippen molar-refractivity contribution in [3.8, 4) is 11.1 Å². The van der Waals surface area contributed by atoms with E-state index in [4.69, 9.17) is 19.3 Å². The van der Waals surface area contributed by atoms with Crippen LogP contribution < -0.4 is 5.59 Å². The zero-order valence-electron chi connectivity index (χ0n) is 20.1. The molecule has 0 saturated carbocycles. The number of aromatic nitrogens is 1. The van der Waals surface area contributed by atoms with Gasteiger partial charge in [0.25, 0.3) is 0 Å². The maximum Gasteiger partial charge on any atom is 0.514 e. The SMILES string of the molecule is CC(=Nc1ccccc1C)c1cc(B2OC(C)(C)C(C)(C)O2)ncc1-c1ccccc1C. The van der Waals surface area contributed by atoms with E-state index in [0.29, 0.717) is 0 Å². The standard InChI is InChI=1S/C27H31BN2O2/c1-18-12-8-10-14-21(18)23-17-29-25(28-31-26(4,5)27(6,7)32-28)16-22(23)20(3)30-24-15-11-9-13-19(24)2/h8-17H,1-7H3. The average molecular weight is 426 g/mol. The summed E-state index contributed by atoms with van der Waals surface area (Å²) in [5, 5.41) is 0. The number of para-hydroxylation sites is 1. The van der Waals surface area contributed by atoms with E-state index in [1.54, 1.807) is 0 Å². The zero-order valence-corrected chi connectivity index (χ0v) is 20.1. The summed E-state index contributed by atoms with van der Waals surface area (Å²) in [6.07, 6.45) is 1.93. The minimum Gasteiger partial charge on any atom is -0.398 e. The van der Waals surface area contributed by atoms with Gasteiger partial charge in [0.1, 0.15) is 0 Å². The number of nitrogens with zero attached hydrogens (tertiary/aromatic N) is 2. The number of aryl methyl sites for hydroxylation is 2. The van der Waals surface area contributed by atoms with Crippen molar-refractivity contribution < 1.29 is 9.31 Å². The lowest BCUT2D eigenvalue weighted by molar-refractivity contribution is 0.00578. The van der Waals surface area contributed by atoms with Gasteiger partial charge in [-0.25, -0.2) is 0 Å². The van der Waals surface area contributed by atoms with Crippen molar-refractivity contribution in [3.63, 3.8) is 0 Å². The van der Waals surface area contributed by atoms with Gasteiger partial charge >= 0.3 is 7.12 Å². The highest BCUT2D eigenvalue weighted by molar-refractivity contribution is 6.61. The van der Waals surface area contributed by atoms with Crippen molar-refractivity contribution in [1.29, 1.82) is 0 Å². The average Bonchev–Trinajstić information content (AvgIpc) is 2.97. The predicted octanol–water partition coefficient (Wildman–Crippen LogP) is 5.81. The highest BCUT2D eigenvalue weighted by atomic mass is 16.7. The lowest BCUT2D eigenvalue weighted by Gasteiger charge is -2.32. The van der Waals surface area contributed by atoms with Crippen LogP contribution in [0.5, 0.6) is 0 Å². The van der Waals surface area contributed by atoms with Crippen LogP contribution in [-0.4, -0.2) is 29.0 Å². The number of benzene rings is 2. The van der Waals surface area contributed by atoms with Crippen LogP contribution in [0.1, 0.15) is 51.3 Å². The van der Waals surface area contributed by atoms with Gasteiger partial charge in [0.05, 0.1) is 22.5 Å². The molecule has 0 radical (unpaired) electrons. The minimum absolute atomic E-state index is 0.418. The molecule has 4 rings (SSSR count). The van der Waals surface area contributed by atoms with E-state index in [1.807, 2.05) is 24.4 Å². The fourth-order valence-electron chi connectivity index (χ4n) is 3.88. The Labute approximate surface area is 191 Å². The molecule has 1 aliphatic rings. The van der Waals surface area contributed by atoms with Gasteiger partial charge < -0.3 is 9.31 Å². The highest BCUT2D eigenvalue weighted by Gasteiger charge is 2.52. The summed E-state index contributed by atoms with van der Waals surface area (Å²) >= 11 is 0. The predicted molar refractivity (Wildman–Crippen MR) is 133 cm³/mol. The molecular formula is C27H31BN2O2. The van der Waals surface area contributed by atoms with Crippen molar-refractivity contribution in [2.45, 2.75) is 59.7 Å². The molecule has 0 spiro atoms. The van der Waals surface area contributed by atoms with E-state index >= 15 is 0 Å². The first-order valence-electron chi connectivity index (χ1n) is 11.1. The van der Waals surface area contributed by atoms with Crippen LogP contribution >= 0.6 is 0 Å². The monoisotopic (exact) mass is 426 g/mol. The Morgan fingerprint density at radius 3 is 2.06 bits per heavy atom. The molecule has 164 valence electrons. The molecule has 0 bridgehead atoms. The largest absolute Gasteiger partial charge is 0.514 e. The molecule has 1 fully saturated rings. The lowest BCUT2D eigenvalue weighted by atomic mass is 9.81. The summed E-state index contributed by atoms with van der Waals surface area (Å²) in [4.78, 5) is 9.75. The van der Waals surface area contributed by atoms with Gasteiger partial charge in [-0.15, -0.1) is 0 Å². The second-order valence-corrected chi connectivity index (χ2v) is 9.54. The molecule has 4 nitrogen and oxygen atoms in total. The van der Waals surface area contributed by atoms with Crippen molar-refractivity contribution in [2.75, 3.05) is 0 Å². The number of hydrogen-bond donors (Lipinski definition) is 0. The Morgan fingerprint density at radius 1 is 0.844 bits per heavy atom. The quantitative estimate of drug-likeness (QED) is 0.391. The number of aliphatic imine (C=N–C) groups is 1. The van der Waals surface area contributed by atoms with Gasteiger partial charge in [-0.1, -0.05) is 42.5 Å². The van der Waals surface area contributed by atoms with Gasteiger partial charge in [-0.05, 0) is 77.3 Å². The minimum atomic E-state index is -0.518. The van der Waals surface area contributed by atoms with Crippen LogP contribution in [0.15, 0.2) is 65.8 Å². The Bertz CT molecular complexity index is 1170. The smallest absolute Gasteiger partial charge is 0.398 e. The molecule has 5 heteroatoms. The second-order valence-electron chi connectivity index (χ2n) is 9.54. The molecule has 0 atom stereocenters. The summed E-state index contributed by atoms with van der Waals surface area (Å²) in [7, 11) is -0.518. The maximum absolute atomic E-state index is 6.27. The molecule has 0 aliphatic carbocycles. The van der Waals surface area contributed by atoms with Gasteiger partial charge in [-0.3, -0.25) is 9.98 Å². The third kappa shape index (κ3) is 4.15. The number of pyridine rings is 1. The highest BCUT2D eigenvalue weighted by Crippen LogP contribution is 2.37. The third-order valence-electron chi connectivity index (χ3n) is 6.65. The van der Waals surface area contributed by atoms with Crippen molar-refractivity contribution in [1.82, 2.24) is 4.98 Å². The number of hydrogen-bond acceptors (Lipinski definition) is 4. The van der Waals surface area contributed by atoms with E-state index in [0.717, 1.165) is 39.2 Å². The van der Waals surface area contributed by atoms with Crippen LogP contribution in [-0.2, 0) is 9.31 Å². The van der Waals surface area contributed by atoms with E-state index in [2.05, 4.69) is 84.9 Å². The van der Waals surface area contributed by atoms with Crippen LogP contribution in [0, 0.1) is 13.8 Å². The first-order valence-corrected chi connectivity index (χ1v) is 11.1. The maximum atomic E-state index is 6.27. The van der Waals surface area contributed by atoms with Crippen LogP contribution in [0.4, 0.5) is 5.69 Å². The molecule has 1 aromatic heterocycles. The van der Waals surface area contributed by atoms with E-state index < -0.39 is 18.3 Å². The van der Waals surface area contributed by atoms with Crippen LogP contribution in [0.3, 0.4) is 0 Å². The Kier molecular flexibility index (Phi) is 5.82. The number of rotatable bonds is 4. The molecule has 2 heterocycles. The molecule has 32 heavy (non-hydrogen) atoms. The van der Waals surface area contributed by atoms with E-state index in [9.17, 15) is 0 Å². The van der Waals surface area contributed by atoms with Gasteiger partial charge in [-0.2, -0.15) is 0 Å². The van der Waals surface area contributed by atoms with Crippen molar-refractivity contribution in [3.05, 3.63) is 77.5 Å². The summed E-state index contributed by atoms with van der Waals surface area (Å²) in [5.41, 5.74) is 7.39. The summed E-state index contributed by atoms with van der Waals surface area (Å²) in [5.74, 6) is 0. The summed E-state index contributed by atoms with van der Waals surface area (Å²) in [6.45, 7) is 14.5. The van der Waals surface area contributed by atoms with Crippen LogP contribution in [0.2, 0.25) is 0 Å². The van der Waals surface area contributed by atoms with Gasteiger partial charge in [0, 0.05) is 23.0 Å². The van der Waals surface area contributed by atoms with E-state index in [-0.39, 0.29) is 0 Å². The zero-order chi connectivity index (χ0) is 23.1. The van der Waals surface area contributed by atoms with Gasteiger partial charge in [0.2, 0.25) is 0 Å². The molecule has 0 N–H and O–H groups in total. The molecule has 0 unspecified atom stereocenters. The van der Waals surface area contributed by atoms with Gasteiger partial charge in [0.15, 0.2) is 0 Å². The van der Waals surface area contributed by atoms with Crippen LogP contribution in [0.25, 0.3) is 11.1 Å². The molecule has 1 saturated heterocycles. The van der Waals surface area contributed by atoms with Crippen molar-refractivity contribution in [2.24, 2.45) is 4.99 Å². The molecule has 3 aromatic rings. The Hall–Kier alpha value is -2.76. The third-order valence-corrected chi connectivity index (χ3v) is 6.65.